The van der Waals surface area contributed by atoms with Crippen molar-refractivity contribution in [2.24, 2.45) is 5.92 Å². The van der Waals surface area contributed by atoms with Gasteiger partial charge in [-0.05, 0) is 38.0 Å². The number of unbranched alkanes of at least 4 members (excludes halogenated alkanes) is 4. The van der Waals surface area contributed by atoms with Gasteiger partial charge in [-0.2, -0.15) is 0 Å². The van der Waals surface area contributed by atoms with E-state index in [2.05, 4.69) is 26.0 Å². The Morgan fingerprint density at radius 1 is 1.00 bits per heavy atom. The summed E-state index contributed by atoms with van der Waals surface area (Å²) in [7, 11) is 0. The molecule has 0 aliphatic carbocycles. The number of aliphatic hydroxyl groups is 1. The third-order valence-corrected chi connectivity index (χ3v) is 2.97. The smallest absolute Gasteiger partial charge is 0.0431 e. The zero-order chi connectivity index (χ0) is 11.4. The standard InChI is InChI=1S/C14H28O/c1-3-14(2)12-10-8-6-4-5-7-9-11-13-15/h6,8,14-15H,3-5,7,9-13H2,1-2H3/b8-6+. The van der Waals surface area contributed by atoms with Gasteiger partial charge in [0.25, 0.3) is 0 Å². The van der Waals surface area contributed by atoms with Crippen LogP contribution in [-0.2, 0) is 0 Å². The van der Waals surface area contributed by atoms with E-state index in [9.17, 15) is 0 Å². The van der Waals surface area contributed by atoms with E-state index in [-0.39, 0.29) is 0 Å². The molecule has 0 fully saturated rings. The molecule has 0 saturated heterocycles. The molecule has 0 aromatic heterocycles. The van der Waals surface area contributed by atoms with Gasteiger partial charge in [-0.3, -0.25) is 0 Å². The molecule has 0 aliphatic heterocycles. The predicted molar refractivity (Wildman–Crippen MR) is 68.0 cm³/mol. The lowest BCUT2D eigenvalue weighted by Gasteiger charge is -2.04. The molecular formula is C14H28O. The first kappa shape index (κ1) is 14.7. The summed E-state index contributed by atoms with van der Waals surface area (Å²) >= 11 is 0. The van der Waals surface area contributed by atoms with Crippen molar-refractivity contribution in [1.82, 2.24) is 0 Å². The van der Waals surface area contributed by atoms with Crippen molar-refractivity contribution in [3.05, 3.63) is 12.2 Å². The van der Waals surface area contributed by atoms with Crippen LogP contribution in [0.5, 0.6) is 0 Å². The van der Waals surface area contributed by atoms with Crippen LogP contribution in [0.3, 0.4) is 0 Å². The summed E-state index contributed by atoms with van der Waals surface area (Å²) in [5.41, 5.74) is 0. The maximum absolute atomic E-state index is 8.60. The second-order valence-electron chi connectivity index (χ2n) is 4.49. The number of aliphatic hydroxyl groups excluding tert-OH is 1. The Labute approximate surface area is 95.6 Å². The molecular weight excluding hydrogens is 184 g/mol. The summed E-state index contributed by atoms with van der Waals surface area (Å²) in [6, 6.07) is 0. The molecule has 15 heavy (non-hydrogen) atoms. The maximum atomic E-state index is 8.60. The fourth-order valence-electron chi connectivity index (χ4n) is 1.55. The summed E-state index contributed by atoms with van der Waals surface area (Å²) in [6.45, 7) is 4.93. The van der Waals surface area contributed by atoms with Crippen molar-refractivity contribution in [2.45, 2.75) is 65.2 Å². The predicted octanol–water partition coefficient (Wildman–Crippen LogP) is 4.31. The average Bonchev–Trinajstić information content (AvgIpc) is 2.26. The van der Waals surface area contributed by atoms with Gasteiger partial charge in [0.2, 0.25) is 0 Å². The van der Waals surface area contributed by atoms with Crippen LogP contribution < -0.4 is 0 Å². The molecule has 0 heterocycles. The van der Waals surface area contributed by atoms with Crippen LogP contribution in [-0.4, -0.2) is 11.7 Å². The number of allylic oxidation sites excluding steroid dienone is 2. The van der Waals surface area contributed by atoms with E-state index in [1.54, 1.807) is 0 Å². The minimum atomic E-state index is 0.352. The molecule has 0 amide bonds. The molecule has 0 saturated carbocycles. The van der Waals surface area contributed by atoms with Crippen LogP contribution >= 0.6 is 0 Å². The number of hydrogen-bond acceptors (Lipinski definition) is 1. The number of hydrogen-bond donors (Lipinski definition) is 1. The summed E-state index contributed by atoms with van der Waals surface area (Å²) in [5.74, 6) is 0.874. The van der Waals surface area contributed by atoms with Crippen LogP contribution in [0.15, 0.2) is 12.2 Å². The quantitative estimate of drug-likeness (QED) is 0.422. The lowest BCUT2D eigenvalue weighted by atomic mass is 10.0. The molecule has 1 N–H and O–H groups in total. The molecule has 90 valence electrons. The summed E-state index contributed by atoms with van der Waals surface area (Å²) < 4.78 is 0. The second kappa shape index (κ2) is 11.8. The Hall–Kier alpha value is -0.300. The van der Waals surface area contributed by atoms with Crippen molar-refractivity contribution in [2.75, 3.05) is 6.61 Å². The first-order valence-electron chi connectivity index (χ1n) is 6.57. The second-order valence-corrected chi connectivity index (χ2v) is 4.49. The highest BCUT2D eigenvalue weighted by atomic mass is 16.2. The van der Waals surface area contributed by atoms with Crippen LogP contribution in [0, 0.1) is 5.92 Å². The van der Waals surface area contributed by atoms with E-state index >= 15 is 0 Å². The zero-order valence-electron chi connectivity index (χ0n) is 10.5. The molecule has 0 spiro atoms. The zero-order valence-corrected chi connectivity index (χ0v) is 10.5. The summed E-state index contributed by atoms with van der Waals surface area (Å²) in [6.07, 6.45) is 14.4. The molecule has 0 bridgehead atoms. The van der Waals surface area contributed by atoms with Gasteiger partial charge >= 0.3 is 0 Å². The lowest BCUT2D eigenvalue weighted by molar-refractivity contribution is 0.282. The largest absolute Gasteiger partial charge is 0.396 e. The van der Waals surface area contributed by atoms with E-state index in [0.717, 1.165) is 12.3 Å². The van der Waals surface area contributed by atoms with Gasteiger partial charge in [0, 0.05) is 6.61 Å². The van der Waals surface area contributed by atoms with Crippen LogP contribution in [0.1, 0.15) is 65.2 Å². The minimum Gasteiger partial charge on any atom is -0.396 e. The van der Waals surface area contributed by atoms with E-state index in [1.807, 2.05) is 0 Å². The first-order chi connectivity index (χ1) is 7.31. The highest BCUT2D eigenvalue weighted by Crippen LogP contribution is 2.10. The topological polar surface area (TPSA) is 20.2 Å². The van der Waals surface area contributed by atoms with Crippen molar-refractivity contribution in [3.63, 3.8) is 0 Å². The first-order valence-corrected chi connectivity index (χ1v) is 6.57. The van der Waals surface area contributed by atoms with Gasteiger partial charge in [-0.1, -0.05) is 45.3 Å². The van der Waals surface area contributed by atoms with Gasteiger partial charge in [-0.25, -0.2) is 0 Å². The Morgan fingerprint density at radius 3 is 2.33 bits per heavy atom. The van der Waals surface area contributed by atoms with Crippen molar-refractivity contribution in [1.29, 1.82) is 0 Å². The van der Waals surface area contributed by atoms with Crippen LogP contribution in [0.25, 0.3) is 0 Å². The fourth-order valence-corrected chi connectivity index (χ4v) is 1.55. The molecule has 0 aromatic carbocycles. The molecule has 1 nitrogen and oxygen atoms in total. The van der Waals surface area contributed by atoms with E-state index in [0.29, 0.717) is 6.61 Å². The van der Waals surface area contributed by atoms with E-state index in [1.165, 1.54) is 44.9 Å². The third kappa shape index (κ3) is 11.6. The molecule has 1 atom stereocenters. The normalized spacial score (nSPS) is 13.5. The van der Waals surface area contributed by atoms with E-state index in [4.69, 9.17) is 5.11 Å². The van der Waals surface area contributed by atoms with Gasteiger partial charge in [0.15, 0.2) is 0 Å². The van der Waals surface area contributed by atoms with Crippen molar-refractivity contribution < 1.29 is 5.11 Å². The van der Waals surface area contributed by atoms with Gasteiger partial charge in [-0.15, -0.1) is 0 Å². The van der Waals surface area contributed by atoms with Crippen LogP contribution in [0.4, 0.5) is 0 Å². The monoisotopic (exact) mass is 212 g/mol. The van der Waals surface area contributed by atoms with Gasteiger partial charge < -0.3 is 5.11 Å². The summed E-state index contributed by atoms with van der Waals surface area (Å²) in [4.78, 5) is 0. The highest BCUT2D eigenvalue weighted by molar-refractivity contribution is 4.81. The molecule has 0 radical (unpaired) electrons. The Bertz CT molecular complexity index is 140. The third-order valence-electron chi connectivity index (χ3n) is 2.97. The fraction of sp³-hybridized carbons (Fsp3) is 0.857. The molecule has 1 heteroatoms. The molecule has 1 unspecified atom stereocenters. The van der Waals surface area contributed by atoms with E-state index < -0.39 is 0 Å². The minimum absolute atomic E-state index is 0.352. The molecule has 0 aromatic rings. The summed E-state index contributed by atoms with van der Waals surface area (Å²) in [5, 5.41) is 8.60. The van der Waals surface area contributed by atoms with Crippen molar-refractivity contribution in [3.8, 4) is 0 Å². The Balaban J connectivity index is 3.10. The van der Waals surface area contributed by atoms with Crippen LogP contribution in [0.2, 0.25) is 0 Å². The maximum Gasteiger partial charge on any atom is 0.0431 e. The molecule has 0 rings (SSSR count). The highest BCUT2D eigenvalue weighted by Gasteiger charge is 1.94. The lowest BCUT2D eigenvalue weighted by Crippen LogP contribution is -1.89. The Kier molecular flexibility index (Phi) is 11.5. The van der Waals surface area contributed by atoms with Gasteiger partial charge in [0.1, 0.15) is 0 Å². The van der Waals surface area contributed by atoms with Gasteiger partial charge in [0.05, 0.1) is 0 Å². The number of rotatable bonds is 10. The average molecular weight is 212 g/mol. The van der Waals surface area contributed by atoms with Crippen molar-refractivity contribution >= 4 is 0 Å². The molecule has 0 aliphatic rings. The Morgan fingerprint density at radius 2 is 1.67 bits per heavy atom. The SMILES string of the molecule is CCC(C)CC/C=C/CCCCCCO.